The van der Waals surface area contributed by atoms with Crippen LogP contribution in [0, 0.1) is 0 Å². The van der Waals surface area contributed by atoms with Crippen LogP contribution in [0.25, 0.3) is 0 Å². The Labute approximate surface area is 118 Å². The molecule has 1 fully saturated rings. The van der Waals surface area contributed by atoms with Gasteiger partial charge in [-0.3, -0.25) is 14.6 Å². The zero-order valence-corrected chi connectivity index (χ0v) is 11.7. The van der Waals surface area contributed by atoms with Gasteiger partial charge in [0, 0.05) is 38.6 Å². The van der Waals surface area contributed by atoms with E-state index < -0.39 is 0 Å². The van der Waals surface area contributed by atoms with Gasteiger partial charge in [-0.25, -0.2) is 0 Å². The van der Waals surface area contributed by atoms with Gasteiger partial charge in [0.15, 0.2) is 0 Å². The first kappa shape index (κ1) is 14.2. The third-order valence-corrected chi connectivity index (χ3v) is 3.28. The van der Waals surface area contributed by atoms with Gasteiger partial charge in [0.1, 0.15) is 0 Å². The van der Waals surface area contributed by atoms with Crippen molar-refractivity contribution >= 4 is 11.8 Å². The van der Waals surface area contributed by atoms with Gasteiger partial charge in [-0.05, 0) is 24.6 Å². The van der Waals surface area contributed by atoms with Crippen LogP contribution in [0.1, 0.15) is 23.7 Å². The second-order valence-electron chi connectivity index (χ2n) is 4.67. The van der Waals surface area contributed by atoms with Crippen LogP contribution in [0.5, 0.6) is 0 Å². The molecule has 5 heteroatoms. The average molecular weight is 273 g/mol. The second-order valence-corrected chi connectivity index (χ2v) is 4.67. The molecule has 20 heavy (non-hydrogen) atoms. The molecule has 2 heterocycles. The van der Waals surface area contributed by atoms with E-state index in [-0.39, 0.29) is 11.8 Å². The van der Waals surface area contributed by atoms with E-state index in [0.717, 1.165) is 6.42 Å². The van der Waals surface area contributed by atoms with Gasteiger partial charge in [0.25, 0.3) is 5.91 Å². The lowest BCUT2D eigenvalue weighted by molar-refractivity contribution is -0.127. The molecule has 1 aliphatic heterocycles. The Hall–Kier alpha value is -2.17. The van der Waals surface area contributed by atoms with Crippen molar-refractivity contribution in [1.29, 1.82) is 0 Å². The molecule has 106 valence electrons. The van der Waals surface area contributed by atoms with Gasteiger partial charge in [0.05, 0.1) is 5.56 Å². The minimum absolute atomic E-state index is 0.0192. The predicted octanol–water partition coefficient (Wildman–Crippen LogP) is 1.33. The number of carbonyl (C=O) groups is 2. The highest BCUT2D eigenvalue weighted by atomic mass is 16.2. The molecule has 0 bridgehead atoms. The average Bonchev–Trinajstić information content (AvgIpc) is 2.53. The molecule has 0 aromatic carbocycles. The molecule has 1 aromatic rings. The van der Waals surface area contributed by atoms with Crippen LogP contribution in [0.2, 0.25) is 0 Å². The topological polar surface area (TPSA) is 53.5 Å². The summed E-state index contributed by atoms with van der Waals surface area (Å²) in [5.41, 5.74) is 0.596. The van der Waals surface area contributed by atoms with Crippen LogP contribution < -0.4 is 0 Å². The summed E-state index contributed by atoms with van der Waals surface area (Å²) in [5, 5.41) is 0. The number of rotatable bonds is 3. The van der Waals surface area contributed by atoms with Gasteiger partial charge in [-0.2, -0.15) is 0 Å². The van der Waals surface area contributed by atoms with E-state index in [1.165, 1.54) is 0 Å². The van der Waals surface area contributed by atoms with Gasteiger partial charge in [-0.1, -0.05) is 13.0 Å². The second kappa shape index (κ2) is 6.84. The number of hydrogen-bond donors (Lipinski definition) is 0. The van der Waals surface area contributed by atoms with Gasteiger partial charge >= 0.3 is 0 Å². The van der Waals surface area contributed by atoms with Crippen LogP contribution >= 0.6 is 0 Å². The molecule has 0 N–H and O–H groups in total. The Morgan fingerprint density at radius 1 is 1.25 bits per heavy atom. The number of nitrogens with zero attached hydrogens (tertiary/aromatic N) is 3. The maximum absolute atomic E-state index is 12.2. The highest BCUT2D eigenvalue weighted by Crippen LogP contribution is 2.08. The maximum atomic E-state index is 12.2. The number of allylic oxidation sites excluding steroid dienone is 1. The van der Waals surface area contributed by atoms with Crippen LogP contribution in [-0.2, 0) is 4.79 Å². The van der Waals surface area contributed by atoms with Crippen LogP contribution in [0.3, 0.4) is 0 Å². The fourth-order valence-electron chi connectivity index (χ4n) is 2.13. The molecule has 2 rings (SSSR count). The van der Waals surface area contributed by atoms with Crippen LogP contribution in [0.15, 0.2) is 36.7 Å². The Bertz CT molecular complexity index is 491. The standard InChI is InChI=1S/C15H19N3O2/c1-2-3-6-14(19)17-8-10-18(11-9-17)15(20)13-5-4-7-16-12-13/h3-7,12H,2,8-11H2,1H3/b6-3+. The molecule has 0 unspecified atom stereocenters. The molecule has 2 amide bonds. The van der Waals surface area contributed by atoms with Crippen molar-refractivity contribution in [3.05, 3.63) is 42.2 Å². The lowest BCUT2D eigenvalue weighted by Gasteiger charge is -2.34. The summed E-state index contributed by atoms with van der Waals surface area (Å²) in [6, 6.07) is 3.51. The number of aromatic nitrogens is 1. The van der Waals surface area contributed by atoms with Crippen molar-refractivity contribution in [2.24, 2.45) is 0 Å². The molecule has 1 aromatic heterocycles. The fourth-order valence-corrected chi connectivity index (χ4v) is 2.13. The van der Waals surface area contributed by atoms with Gasteiger partial charge in [0.2, 0.25) is 5.91 Å². The van der Waals surface area contributed by atoms with Crippen molar-refractivity contribution < 1.29 is 9.59 Å². The first-order chi connectivity index (χ1) is 9.72. The minimum Gasteiger partial charge on any atom is -0.336 e. The van der Waals surface area contributed by atoms with Crippen molar-refractivity contribution in [2.45, 2.75) is 13.3 Å². The molecule has 1 aliphatic rings. The first-order valence-electron chi connectivity index (χ1n) is 6.87. The van der Waals surface area contributed by atoms with Crippen LogP contribution in [-0.4, -0.2) is 52.8 Å². The van der Waals surface area contributed by atoms with E-state index in [9.17, 15) is 9.59 Å². The van der Waals surface area contributed by atoms with E-state index in [1.807, 2.05) is 13.0 Å². The highest BCUT2D eigenvalue weighted by Gasteiger charge is 2.23. The van der Waals surface area contributed by atoms with E-state index in [0.29, 0.717) is 31.7 Å². The Kier molecular flexibility index (Phi) is 4.87. The zero-order chi connectivity index (χ0) is 14.4. The number of amides is 2. The van der Waals surface area contributed by atoms with Crippen LogP contribution in [0.4, 0.5) is 0 Å². The van der Waals surface area contributed by atoms with Gasteiger partial charge < -0.3 is 9.80 Å². The summed E-state index contributed by atoms with van der Waals surface area (Å²) in [5.74, 6) is 0.00891. The monoisotopic (exact) mass is 273 g/mol. The maximum Gasteiger partial charge on any atom is 0.255 e. The summed E-state index contributed by atoms with van der Waals surface area (Å²) in [6.45, 7) is 4.30. The van der Waals surface area contributed by atoms with Crippen molar-refractivity contribution in [3.8, 4) is 0 Å². The van der Waals surface area contributed by atoms with E-state index in [4.69, 9.17) is 0 Å². The summed E-state index contributed by atoms with van der Waals surface area (Å²) >= 11 is 0. The normalized spacial score (nSPS) is 15.7. The molecule has 0 spiro atoms. The SMILES string of the molecule is CC/C=C/C(=O)N1CCN(C(=O)c2cccnc2)CC1. The van der Waals surface area contributed by atoms with E-state index in [2.05, 4.69) is 4.98 Å². The molecular weight excluding hydrogens is 254 g/mol. The van der Waals surface area contributed by atoms with Gasteiger partial charge in [-0.15, -0.1) is 0 Å². The van der Waals surface area contributed by atoms with Crippen molar-refractivity contribution in [3.63, 3.8) is 0 Å². The van der Waals surface area contributed by atoms with Crippen molar-refractivity contribution in [2.75, 3.05) is 26.2 Å². The quantitative estimate of drug-likeness (QED) is 0.781. The Morgan fingerprint density at radius 3 is 2.55 bits per heavy atom. The van der Waals surface area contributed by atoms with Crippen molar-refractivity contribution in [1.82, 2.24) is 14.8 Å². The molecular formula is C15H19N3O2. The number of carbonyl (C=O) groups excluding carboxylic acids is 2. The minimum atomic E-state index is -0.0192. The number of hydrogen-bond acceptors (Lipinski definition) is 3. The smallest absolute Gasteiger partial charge is 0.255 e. The molecule has 0 saturated carbocycles. The summed E-state index contributed by atoms with van der Waals surface area (Å²) in [4.78, 5) is 31.5. The molecule has 5 nitrogen and oxygen atoms in total. The molecule has 0 radical (unpaired) electrons. The summed E-state index contributed by atoms with van der Waals surface area (Å²) < 4.78 is 0. The molecule has 1 saturated heterocycles. The predicted molar refractivity (Wildman–Crippen MR) is 76.2 cm³/mol. The zero-order valence-electron chi connectivity index (χ0n) is 11.7. The van der Waals surface area contributed by atoms with E-state index in [1.54, 1.807) is 40.4 Å². The summed E-state index contributed by atoms with van der Waals surface area (Å²) in [6.07, 6.45) is 7.54. The Morgan fingerprint density at radius 2 is 1.95 bits per heavy atom. The lowest BCUT2D eigenvalue weighted by Crippen LogP contribution is -2.50. The Balaban J connectivity index is 1.90. The number of pyridine rings is 1. The molecule has 0 aliphatic carbocycles. The first-order valence-corrected chi connectivity index (χ1v) is 6.87. The van der Waals surface area contributed by atoms with E-state index >= 15 is 0 Å². The number of piperazine rings is 1. The third-order valence-electron chi connectivity index (χ3n) is 3.28. The fraction of sp³-hybridized carbons (Fsp3) is 0.400. The molecule has 0 atom stereocenters. The highest BCUT2D eigenvalue weighted by molar-refractivity contribution is 5.94. The largest absolute Gasteiger partial charge is 0.336 e. The lowest BCUT2D eigenvalue weighted by atomic mass is 10.2. The third kappa shape index (κ3) is 3.44. The summed E-state index contributed by atoms with van der Waals surface area (Å²) in [7, 11) is 0.